The van der Waals surface area contributed by atoms with E-state index < -0.39 is 23.9 Å². The second-order valence-electron chi connectivity index (χ2n) is 5.77. The van der Waals surface area contributed by atoms with Gasteiger partial charge in [0.25, 0.3) is 0 Å². The number of nitrogens with two attached hydrogens (primary N) is 1. The molecule has 0 saturated carbocycles. The van der Waals surface area contributed by atoms with Crippen molar-refractivity contribution in [2.45, 2.75) is 44.2 Å². The summed E-state index contributed by atoms with van der Waals surface area (Å²) in [5.74, 6) is -0.558. The molecule has 1 heterocycles. The summed E-state index contributed by atoms with van der Waals surface area (Å²) in [4.78, 5) is 12.0. The van der Waals surface area contributed by atoms with Crippen LogP contribution in [0.15, 0.2) is 24.3 Å². The Balaban J connectivity index is 1.86. The smallest absolute Gasteiger partial charge is 0.419 e. The standard InChI is InChI=1S/C16H21F3N2O3/c1-10(21-15(22)14-7-6-11(8-20)24-14)9-23-13-5-3-2-4-12(13)16(17,18)19/h2-5,10-11,14H,6-9,20H2,1H3,(H,21,22)/t10?,11-,14+/m1/s1. The Bertz CT molecular complexity index is 566. The zero-order valence-electron chi connectivity index (χ0n) is 13.3. The first-order valence-electron chi connectivity index (χ1n) is 7.76. The van der Waals surface area contributed by atoms with Crippen LogP contribution in [0.4, 0.5) is 13.2 Å². The maximum Gasteiger partial charge on any atom is 0.419 e. The SMILES string of the molecule is CC(COc1ccccc1C(F)(F)F)NC(=O)[C@@H]1CC[C@H](CN)O1. The van der Waals surface area contributed by atoms with Crippen molar-refractivity contribution in [1.29, 1.82) is 0 Å². The van der Waals surface area contributed by atoms with Gasteiger partial charge < -0.3 is 20.5 Å². The Kier molecular flexibility index (Phi) is 6.06. The second kappa shape index (κ2) is 7.85. The summed E-state index contributed by atoms with van der Waals surface area (Å²) < 4.78 is 49.4. The van der Waals surface area contributed by atoms with Crippen LogP contribution in [0.3, 0.4) is 0 Å². The zero-order valence-corrected chi connectivity index (χ0v) is 13.3. The van der Waals surface area contributed by atoms with Crippen LogP contribution in [0.5, 0.6) is 5.75 Å². The van der Waals surface area contributed by atoms with E-state index in [-0.39, 0.29) is 24.4 Å². The van der Waals surface area contributed by atoms with Gasteiger partial charge in [-0.2, -0.15) is 13.2 Å². The van der Waals surface area contributed by atoms with Gasteiger partial charge in [0.15, 0.2) is 0 Å². The Labute approximate surface area is 138 Å². The molecule has 5 nitrogen and oxygen atoms in total. The van der Waals surface area contributed by atoms with Crippen molar-refractivity contribution in [1.82, 2.24) is 5.32 Å². The molecule has 3 atom stereocenters. The van der Waals surface area contributed by atoms with Gasteiger partial charge in [-0.05, 0) is 31.9 Å². The molecular formula is C16H21F3N2O3. The zero-order chi connectivity index (χ0) is 17.7. The number of nitrogens with one attached hydrogen (secondary N) is 1. The quantitative estimate of drug-likeness (QED) is 0.827. The highest BCUT2D eigenvalue weighted by Gasteiger charge is 2.34. The minimum Gasteiger partial charge on any atom is -0.491 e. The van der Waals surface area contributed by atoms with Gasteiger partial charge in [0.1, 0.15) is 18.5 Å². The van der Waals surface area contributed by atoms with Crippen molar-refractivity contribution in [2.24, 2.45) is 5.73 Å². The lowest BCUT2D eigenvalue weighted by Gasteiger charge is -2.19. The summed E-state index contributed by atoms with van der Waals surface area (Å²) in [6.07, 6.45) is -3.87. The maximum atomic E-state index is 12.9. The Hall–Kier alpha value is -1.80. The van der Waals surface area contributed by atoms with E-state index in [1.54, 1.807) is 6.92 Å². The lowest BCUT2D eigenvalue weighted by molar-refractivity contribution is -0.139. The fraction of sp³-hybridized carbons (Fsp3) is 0.562. The van der Waals surface area contributed by atoms with Gasteiger partial charge in [0.2, 0.25) is 5.91 Å². The monoisotopic (exact) mass is 346 g/mol. The van der Waals surface area contributed by atoms with Crippen molar-refractivity contribution >= 4 is 5.91 Å². The lowest BCUT2D eigenvalue weighted by atomic mass is 10.2. The molecule has 1 aromatic rings. The molecular weight excluding hydrogens is 325 g/mol. The summed E-state index contributed by atoms with van der Waals surface area (Å²) in [5, 5.41) is 2.68. The van der Waals surface area contributed by atoms with E-state index in [1.165, 1.54) is 18.2 Å². The number of carbonyl (C=O) groups excluding carboxylic acids is 1. The van der Waals surface area contributed by atoms with Crippen LogP contribution in [0.25, 0.3) is 0 Å². The van der Waals surface area contributed by atoms with Crippen LogP contribution < -0.4 is 15.8 Å². The van der Waals surface area contributed by atoms with Crippen LogP contribution in [0.2, 0.25) is 0 Å². The summed E-state index contributed by atoms with van der Waals surface area (Å²) in [7, 11) is 0. The molecule has 1 aliphatic rings. The molecule has 24 heavy (non-hydrogen) atoms. The topological polar surface area (TPSA) is 73.6 Å². The Morgan fingerprint density at radius 3 is 2.75 bits per heavy atom. The van der Waals surface area contributed by atoms with E-state index >= 15 is 0 Å². The molecule has 1 unspecified atom stereocenters. The van der Waals surface area contributed by atoms with Crippen molar-refractivity contribution in [2.75, 3.05) is 13.2 Å². The number of rotatable bonds is 6. The van der Waals surface area contributed by atoms with Crippen molar-refractivity contribution < 1.29 is 27.4 Å². The molecule has 134 valence electrons. The normalized spacial score (nSPS) is 22.2. The van der Waals surface area contributed by atoms with Gasteiger partial charge in [0.05, 0.1) is 17.7 Å². The third-order valence-corrected chi connectivity index (χ3v) is 3.73. The van der Waals surface area contributed by atoms with Gasteiger partial charge in [0, 0.05) is 6.54 Å². The van der Waals surface area contributed by atoms with E-state index in [0.29, 0.717) is 13.0 Å². The van der Waals surface area contributed by atoms with Crippen LogP contribution in [-0.4, -0.2) is 37.3 Å². The summed E-state index contributed by atoms with van der Waals surface area (Å²) in [6.45, 7) is 1.94. The molecule has 2 rings (SSSR count). The maximum absolute atomic E-state index is 12.9. The third-order valence-electron chi connectivity index (χ3n) is 3.73. The molecule has 1 amide bonds. The van der Waals surface area contributed by atoms with Crippen LogP contribution in [0, 0.1) is 0 Å². The molecule has 1 saturated heterocycles. The molecule has 1 aromatic carbocycles. The minimum absolute atomic E-state index is 0.0775. The van der Waals surface area contributed by atoms with E-state index in [9.17, 15) is 18.0 Å². The Morgan fingerprint density at radius 1 is 1.42 bits per heavy atom. The fourth-order valence-corrected chi connectivity index (χ4v) is 2.49. The molecule has 1 aliphatic heterocycles. The van der Waals surface area contributed by atoms with E-state index in [4.69, 9.17) is 15.2 Å². The first-order valence-corrected chi connectivity index (χ1v) is 7.76. The molecule has 0 aromatic heterocycles. The number of amides is 1. The summed E-state index contributed by atoms with van der Waals surface area (Å²) >= 11 is 0. The summed E-state index contributed by atoms with van der Waals surface area (Å²) in [6, 6.07) is 4.51. The highest BCUT2D eigenvalue weighted by atomic mass is 19.4. The summed E-state index contributed by atoms with van der Waals surface area (Å²) in [5.41, 5.74) is 4.65. The first-order chi connectivity index (χ1) is 11.3. The molecule has 8 heteroatoms. The number of alkyl halides is 3. The number of halogens is 3. The van der Waals surface area contributed by atoms with E-state index in [1.807, 2.05) is 0 Å². The molecule has 1 fully saturated rings. The number of benzene rings is 1. The number of carbonyl (C=O) groups is 1. The fourth-order valence-electron chi connectivity index (χ4n) is 2.49. The van der Waals surface area contributed by atoms with Crippen molar-refractivity contribution in [3.8, 4) is 5.75 Å². The molecule has 0 aliphatic carbocycles. The number of ether oxygens (including phenoxy) is 2. The van der Waals surface area contributed by atoms with Crippen LogP contribution >= 0.6 is 0 Å². The van der Waals surface area contributed by atoms with Crippen molar-refractivity contribution in [3.05, 3.63) is 29.8 Å². The largest absolute Gasteiger partial charge is 0.491 e. The Morgan fingerprint density at radius 2 is 2.12 bits per heavy atom. The highest BCUT2D eigenvalue weighted by Crippen LogP contribution is 2.35. The minimum atomic E-state index is -4.49. The molecule has 0 bridgehead atoms. The lowest BCUT2D eigenvalue weighted by Crippen LogP contribution is -2.43. The van der Waals surface area contributed by atoms with Crippen molar-refractivity contribution in [3.63, 3.8) is 0 Å². The number of hydrogen-bond donors (Lipinski definition) is 2. The highest BCUT2D eigenvalue weighted by molar-refractivity contribution is 5.81. The molecule has 0 spiro atoms. The van der Waals surface area contributed by atoms with E-state index in [0.717, 1.165) is 12.5 Å². The number of para-hydroxylation sites is 1. The van der Waals surface area contributed by atoms with Crippen LogP contribution in [0.1, 0.15) is 25.3 Å². The molecule has 3 N–H and O–H groups in total. The average Bonchev–Trinajstić information content (AvgIpc) is 3.01. The van der Waals surface area contributed by atoms with Gasteiger partial charge in [-0.3, -0.25) is 4.79 Å². The van der Waals surface area contributed by atoms with Crippen LogP contribution in [-0.2, 0) is 15.7 Å². The van der Waals surface area contributed by atoms with Gasteiger partial charge in [-0.15, -0.1) is 0 Å². The predicted molar refractivity (Wildman–Crippen MR) is 81.5 cm³/mol. The predicted octanol–water partition coefficient (Wildman–Crippen LogP) is 2.10. The second-order valence-corrected chi connectivity index (χ2v) is 5.77. The average molecular weight is 346 g/mol. The van der Waals surface area contributed by atoms with Gasteiger partial charge in [-0.1, -0.05) is 12.1 Å². The van der Waals surface area contributed by atoms with Gasteiger partial charge >= 0.3 is 6.18 Å². The molecule has 0 radical (unpaired) electrons. The first kappa shape index (κ1) is 18.5. The van der Waals surface area contributed by atoms with E-state index in [2.05, 4.69) is 5.32 Å². The van der Waals surface area contributed by atoms with Gasteiger partial charge in [-0.25, -0.2) is 0 Å². The number of hydrogen-bond acceptors (Lipinski definition) is 4. The third kappa shape index (κ3) is 4.85.